The summed E-state index contributed by atoms with van der Waals surface area (Å²) in [6, 6.07) is 0. The number of fused-ring (bicyclic) bond motifs is 5. The molecule has 0 aromatic heterocycles. The monoisotopic (exact) mass is 382 g/mol. The maximum Gasteiger partial charge on any atom is 0.0577 e. The van der Waals surface area contributed by atoms with E-state index in [1.165, 1.54) is 44.1 Å². The molecule has 28 heavy (non-hydrogen) atoms. The molecule has 1 unspecified atom stereocenters. The Labute approximate surface area is 173 Å². The fourth-order valence-corrected chi connectivity index (χ4v) is 8.10. The molecular weight excluding hydrogens is 340 g/mol. The summed E-state index contributed by atoms with van der Waals surface area (Å²) in [5.41, 5.74) is 3.88. The molecule has 4 aliphatic carbocycles. The van der Waals surface area contributed by atoms with Crippen molar-refractivity contribution in [1.29, 1.82) is 0 Å². The third-order valence-corrected chi connectivity index (χ3v) is 9.63. The summed E-state index contributed by atoms with van der Waals surface area (Å²) >= 11 is 0. The molecule has 8 atom stereocenters. The lowest BCUT2D eigenvalue weighted by atomic mass is 9.47. The molecule has 1 heteroatoms. The van der Waals surface area contributed by atoms with E-state index in [4.69, 9.17) is 0 Å². The number of allylic oxidation sites excluding steroid dienone is 5. The molecule has 4 aliphatic rings. The Balaban J connectivity index is 1.55. The highest BCUT2D eigenvalue weighted by Gasteiger charge is 2.58. The Kier molecular flexibility index (Phi) is 5.45. The molecule has 1 nitrogen and oxygen atoms in total. The van der Waals surface area contributed by atoms with E-state index in [9.17, 15) is 5.11 Å². The summed E-state index contributed by atoms with van der Waals surface area (Å²) in [7, 11) is 0. The van der Waals surface area contributed by atoms with E-state index in [0.29, 0.717) is 16.7 Å². The van der Waals surface area contributed by atoms with Gasteiger partial charge in [0.2, 0.25) is 0 Å². The molecule has 0 bridgehead atoms. The molecule has 0 aromatic carbocycles. The van der Waals surface area contributed by atoms with Crippen LogP contribution in [0.4, 0.5) is 0 Å². The molecule has 0 amide bonds. The highest BCUT2D eigenvalue weighted by atomic mass is 16.3. The van der Waals surface area contributed by atoms with Gasteiger partial charge in [-0.1, -0.05) is 56.2 Å². The summed E-state index contributed by atoms with van der Waals surface area (Å²) in [4.78, 5) is 0. The van der Waals surface area contributed by atoms with Crippen molar-refractivity contribution >= 4 is 0 Å². The van der Waals surface area contributed by atoms with Gasteiger partial charge in [-0.2, -0.15) is 0 Å². The van der Waals surface area contributed by atoms with Gasteiger partial charge in [0, 0.05) is 0 Å². The summed E-state index contributed by atoms with van der Waals surface area (Å²) in [6.07, 6.45) is 19.6. The Morgan fingerprint density at radius 1 is 1.11 bits per heavy atom. The quantitative estimate of drug-likeness (QED) is 0.408. The summed E-state index contributed by atoms with van der Waals surface area (Å²) in [5, 5.41) is 10.2. The molecule has 156 valence electrons. The van der Waals surface area contributed by atoms with Gasteiger partial charge in [-0.05, 0) is 106 Å². The van der Waals surface area contributed by atoms with Crippen LogP contribution in [0.25, 0.3) is 0 Å². The van der Waals surface area contributed by atoms with Crippen LogP contribution in [0.2, 0.25) is 0 Å². The first kappa shape index (κ1) is 20.5. The molecule has 0 saturated heterocycles. The predicted octanol–water partition coefficient (Wildman–Crippen LogP) is 7.08. The zero-order chi connectivity index (χ0) is 20.1. The third kappa shape index (κ3) is 3.26. The lowest BCUT2D eigenvalue weighted by Crippen LogP contribution is -2.50. The van der Waals surface area contributed by atoms with Gasteiger partial charge in [0.25, 0.3) is 0 Å². The number of aliphatic hydroxyl groups excluding tert-OH is 1. The van der Waals surface area contributed by atoms with Crippen molar-refractivity contribution in [2.75, 3.05) is 0 Å². The molecule has 0 aromatic rings. The average molecular weight is 383 g/mol. The van der Waals surface area contributed by atoms with E-state index >= 15 is 0 Å². The van der Waals surface area contributed by atoms with Crippen molar-refractivity contribution in [3.8, 4) is 0 Å². The van der Waals surface area contributed by atoms with Crippen molar-refractivity contribution in [3.05, 3.63) is 35.5 Å². The topological polar surface area (TPSA) is 20.2 Å². The Morgan fingerprint density at radius 2 is 1.89 bits per heavy atom. The van der Waals surface area contributed by atoms with Crippen LogP contribution in [0.15, 0.2) is 35.5 Å². The third-order valence-electron chi connectivity index (χ3n) is 9.63. The van der Waals surface area contributed by atoms with Crippen molar-refractivity contribution in [1.82, 2.24) is 0 Å². The molecule has 0 spiro atoms. The normalized spacial score (nSPS) is 46.4. The van der Waals surface area contributed by atoms with Crippen molar-refractivity contribution in [3.63, 3.8) is 0 Å². The van der Waals surface area contributed by atoms with Crippen LogP contribution in [0, 0.1) is 40.4 Å². The van der Waals surface area contributed by atoms with Gasteiger partial charge in [-0.3, -0.25) is 0 Å². The van der Waals surface area contributed by atoms with Crippen LogP contribution in [-0.2, 0) is 0 Å². The van der Waals surface area contributed by atoms with Gasteiger partial charge >= 0.3 is 0 Å². The second kappa shape index (κ2) is 7.46. The Morgan fingerprint density at radius 3 is 2.64 bits per heavy atom. The SMILES string of the molecule is CC(C)=CC=C[C@@H](C)[C@H]1CCC2[C@@H]3CC=C4C[C@@H](O)CC[C@]4(C)[C@H]3CC[C@@]21C. The summed E-state index contributed by atoms with van der Waals surface area (Å²) < 4.78 is 0. The zero-order valence-corrected chi connectivity index (χ0v) is 18.9. The first-order valence-electron chi connectivity index (χ1n) is 11.9. The fourth-order valence-electron chi connectivity index (χ4n) is 8.10. The molecule has 0 aliphatic heterocycles. The standard InChI is InChI=1S/C27H42O/c1-18(2)7-6-8-19(3)23-11-12-24-22-10-9-20-17-21(28)13-15-26(20,4)25(22)14-16-27(23,24)5/h6-9,19,21-25,28H,10-17H2,1-5H3/t19-,21+,22+,23-,24?,25+,26+,27-/m1/s1. The van der Waals surface area contributed by atoms with Crippen LogP contribution in [0.1, 0.15) is 86.0 Å². The van der Waals surface area contributed by atoms with Gasteiger partial charge in [0.1, 0.15) is 0 Å². The lowest BCUT2D eigenvalue weighted by Gasteiger charge is -2.58. The molecule has 0 heterocycles. The van der Waals surface area contributed by atoms with E-state index in [1.807, 2.05) is 0 Å². The van der Waals surface area contributed by atoms with E-state index in [2.05, 4.69) is 58.9 Å². The second-order valence-corrected chi connectivity index (χ2v) is 11.4. The van der Waals surface area contributed by atoms with E-state index in [0.717, 1.165) is 36.5 Å². The van der Waals surface area contributed by atoms with Crippen LogP contribution in [0.5, 0.6) is 0 Å². The summed E-state index contributed by atoms with van der Waals surface area (Å²) in [6.45, 7) is 12.0. The lowest BCUT2D eigenvalue weighted by molar-refractivity contribution is -0.0540. The van der Waals surface area contributed by atoms with Crippen molar-refractivity contribution in [2.45, 2.75) is 92.1 Å². The van der Waals surface area contributed by atoms with E-state index < -0.39 is 0 Å². The fraction of sp³-hybridized carbons (Fsp3) is 0.778. The van der Waals surface area contributed by atoms with E-state index in [-0.39, 0.29) is 6.10 Å². The Bertz CT molecular complexity index is 680. The van der Waals surface area contributed by atoms with Crippen LogP contribution >= 0.6 is 0 Å². The molecule has 0 radical (unpaired) electrons. The number of rotatable bonds is 3. The van der Waals surface area contributed by atoms with Crippen molar-refractivity contribution < 1.29 is 5.11 Å². The molecule has 1 N–H and O–H groups in total. The minimum atomic E-state index is -0.0889. The number of hydrogen-bond donors (Lipinski definition) is 1. The van der Waals surface area contributed by atoms with Crippen LogP contribution < -0.4 is 0 Å². The van der Waals surface area contributed by atoms with Gasteiger partial charge in [0.15, 0.2) is 0 Å². The Hall–Kier alpha value is -0.820. The van der Waals surface area contributed by atoms with Crippen LogP contribution in [0.3, 0.4) is 0 Å². The first-order chi connectivity index (χ1) is 13.3. The minimum Gasteiger partial charge on any atom is -0.393 e. The predicted molar refractivity (Wildman–Crippen MR) is 119 cm³/mol. The zero-order valence-electron chi connectivity index (χ0n) is 18.9. The molecule has 3 saturated carbocycles. The summed E-state index contributed by atoms with van der Waals surface area (Å²) in [5.74, 6) is 4.15. The van der Waals surface area contributed by atoms with E-state index in [1.54, 1.807) is 5.57 Å². The van der Waals surface area contributed by atoms with Gasteiger partial charge in [-0.25, -0.2) is 0 Å². The average Bonchev–Trinajstić information content (AvgIpc) is 2.99. The second-order valence-electron chi connectivity index (χ2n) is 11.4. The smallest absolute Gasteiger partial charge is 0.0577 e. The van der Waals surface area contributed by atoms with Crippen LogP contribution in [-0.4, -0.2) is 11.2 Å². The number of hydrogen-bond acceptors (Lipinski definition) is 1. The highest BCUT2D eigenvalue weighted by molar-refractivity contribution is 5.25. The first-order valence-corrected chi connectivity index (χ1v) is 11.9. The maximum absolute atomic E-state index is 10.2. The van der Waals surface area contributed by atoms with Gasteiger partial charge in [-0.15, -0.1) is 0 Å². The van der Waals surface area contributed by atoms with Crippen molar-refractivity contribution in [2.24, 2.45) is 40.4 Å². The largest absolute Gasteiger partial charge is 0.393 e. The number of aliphatic hydroxyl groups is 1. The van der Waals surface area contributed by atoms with Gasteiger partial charge in [0.05, 0.1) is 6.10 Å². The molecule has 3 fully saturated rings. The van der Waals surface area contributed by atoms with Gasteiger partial charge < -0.3 is 5.11 Å². The molecule has 4 rings (SSSR count). The maximum atomic E-state index is 10.2. The highest BCUT2D eigenvalue weighted by Crippen LogP contribution is 2.67. The molecular formula is C27H42O. The minimum absolute atomic E-state index is 0.0889.